The fourth-order valence-electron chi connectivity index (χ4n) is 3.63. The Bertz CT molecular complexity index is 897. The van der Waals surface area contributed by atoms with E-state index in [0.29, 0.717) is 16.3 Å². The molecule has 1 amide bonds. The van der Waals surface area contributed by atoms with Crippen LogP contribution in [0.4, 0.5) is 0 Å². The van der Waals surface area contributed by atoms with Gasteiger partial charge in [0.1, 0.15) is 5.75 Å². The van der Waals surface area contributed by atoms with Gasteiger partial charge in [0, 0.05) is 22.2 Å². The van der Waals surface area contributed by atoms with E-state index in [1.54, 1.807) is 29.5 Å². The smallest absolute Gasteiger partial charge is 0.283 e. The van der Waals surface area contributed by atoms with E-state index >= 15 is 0 Å². The van der Waals surface area contributed by atoms with Gasteiger partial charge in [-0.15, -0.1) is 11.3 Å². The number of thiazole rings is 1. The Morgan fingerprint density at radius 2 is 2.31 bits per heavy atom. The molecule has 1 fully saturated rings. The lowest BCUT2D eigenvalue weighted by atomic mass is 10.2. The number of ether oxygens (including phenoxy) is 2. The van der Waals surface area contributed by atoms with Crippen molar-refractivity contribution in [2.45, 2.75) is 44.8 Å². The molecule has 1 aromatic carbocycles. The molecule has 4 rings (SSSR count). The normalized spacial score (nSPS) is 19.8. The minimum absolute atomic E-state index is 0.212. The Morgan fingerprint density at radius 1 is 1.42 bits per heavy atom. The number of hydrogen-bond donors (Lipinski definition) is 0. The highest BCUT2D eigenvalue weighted by molar-refractivity contribution is 7.09. The maximum absolute atomic E-state index is 12.8. The number of nitrogens with zero attached hydrogens (tertiary/aromatic N) is 2. The van der Waals surface area contributed by atoms with E-state index in [2.05, 4.69) is 9.56 Å². The number of rotatable bonds is 4. The number of carbonyl (C=O) groups excluding carboxylic acids is 1. The Labute approximate surface area is 161 Å². The number of aryl methyl sites for hydroxylation is 1. The van der Waals surface area contributed by atoms with Crippen LogP contribution >= 0.6 is 22.9 Å². The van der Waals surface area contributed by atoms with Gasteiger partial charge in [0.25, 0.3) is 5.91 Å². The minimum atomic E-state index is -0.328. The van der Waals surface area contributed by atoms with Gasteiger partial charge < -0.3 is 14.0 Å². The van der Waals surface area contributed by atoms with Crippen molar-refractivity contribution >= 4 is 28.8 Å². The van der Waals surface area contributed by atoms with Gasteiger partial charge >= 0.3 is 0 Å². The fraction of sp³-hybridized carbons (Fsp3) is 0.474. The number of halogens is 1. The van der Waals surface area contributed by atoms with Crippen LogP contribution in [0.25, 0.3) is 0 Å². The molecule has 1 atom stereocenters. The molecule has 138 valence electrons. The Balaban J connectivity index is 1.73. The highest BCUT2D eigenvalue weighted by Crippen LogP contribution is 2.27. The lowest BCUT2D eigenvalue weighted by molar-refractivity contribution is 0.0944. The molecule has 26 heavy (non-hydrogen) atoms. The Hall–Kier alpha value is -1.63. The van der Waals surface area contributed by atoms with Gasteiger partial charge in [0.2, 0.25) is 0 Å². The molecule has 0 N–H and O–H groups in total. The molecule has 1 aromatic heterocycles. The Kier molecular flexibility index (Phi) is 5.16. The second-order valence-corrected chi connectivity index (χ2v) is 8.11. The molecule has 1 unspecified atom stereocenters. The van der Waals surface area contributed by atoms with E-state index in [0.717, 1.165) is 43.6 Å². The van der Waals surface area contributed by atoms with Crippen LogP contribution in [0.2, 0.25) is 5.02 Å². The zero-order valence-electron chi connectivity index (χ0n) is 14.7. The van der Waals surface area contributed by atoms with Crippen molar-refractivity contribution in [1.82, 2.24) is 4.57 Å². The minimum Gasteiger partial charge on any atom is -0.496 e. The largest absolute Gasteiger partial charge is 0.496 e. The molecular formula is C19H21ClN2O3S. The topological polar surface area (TPSA) is 52.8 Å². The van der Waals surface area contributed by atoms with Gasteiger partial charge in [-0.3, -0.25) is 4.79 Å². The van der Waals surface area contributed by atoms with Crippen LogP contribution in [0.1, 0.15) is 40.2 Å². The summed E-state index contributed by atoms with van der Waals surface area (Å²) in [5.74, 6) is 0.156. The number of aromatic nitrogens is 1. The van der Waals surface area contributed by atoms with Crippen molar-refractivity contribution in [2.75, 3.05) is 13.7 Å². The summed E-state index contributed by atoms with van der Waals surface area (Å²) in [5.41, 5.74) is 1.70. The molecule has 0 saturated carbocycles. The number of amides is 1. The average molecular weight is 393 g/mol. The van der Waals surface area contributed by atoms with Crippen LogP contribution in [-0.2, 0) is 24.1 Å². The number of carbonyl (C=O) groups is 1. The molecule has 2 heterocycles. The Morgan fingerprint density at radius 3 is 3.08 bits per heavy atom. The van der Waals surface area contributed by atoms with Crippen molar-refractivity contribution in [3.63, 3.8) is 0 Å². The van der Waals surface area contributed by atoms with Gasteiger partial charge in [0.05, 0.1) is 25.3 Å². The monoisotopic (exact) mass is 392 g/mol. The molecule has 2 aromatic rings. The third-order valence-electron chi connectivity index (χ3n) is 4.91. The fourth-order valence-corrected chi connectivity index (χ4v) is 5.03. The van der Waals surface area contributed by atoms with E-state index in [1.165, 1.54) is 24.1 Å². The van der Waals surface area contributed by atoms with E-state index in [-0.39, 0.29) is 12.0 Å². The van der Waals surface area contributed by atoms with Crippen LogP contribution in [0.5, 0.6) is 5.75 Å². The lowest BCUT2D eigenvalue weighted by Crippen LogP contribution is -2.26. The van der Waals surface area contributed by atoms with Crippen LogP contribution in [0.15, 0.2) is 23.2 Å². The van der Waals surface area contributed by atoms with Crippen LogP contribution in [0, 0.1) is 0 Å². The summed E-state index contributed by atoms with van der Waals surface area (Å²) in [6.45, 7) is 1.59. The first-order valence-corrected chi connectivity index (χ1v) is 10.1. The van der Waals surface area contributed by atoms with Crippen LogP contribution in [-0.4, -0.2) is 30.3 Å². The first-order chi connectivity index (χ1) is 12.7. The van der Waals surface area contributed by atoms with Crippen molar-refractivity contribution < 1.29 is 14.3 Å². The summed E-state index contributed by atoms with van der Waals surface area (Å²) in [6, 6.07) is 5.01. The summed E-state index contributed by atoms with van der Waals surface area (Å²) in [6.07, 6.45) is 5.65. The van der Waals surface area contributed by atoms with E-state index < -0.39 is 0 Å². The van der Waals surface area contributed by atoms with Crippen LogP contribution < -0.4 is 9.54 Å². The zero-order chi connectivity index (χ0) is 18.1. The van der Waals surface area contributed by atoms with Gasteiger partial charge in [0.15, 0.2) is 4.80 Å². The lowest BCUT2D eigenvalue weighted by Gasteiger charge is -2.13. The second kappa shape index (κ2) is 7.55. The molecule has 1 aliphatic heterocycles. The van der Waals surface area contributed by atoms with E-state index in [4.69, 9.17) is 21.1 Å². The van der Waals surface area contributed by atoms with Gasteiger partial charge in [-0.1, -0.05) is 11.6 Å². The number of methoxy groups -OCH3 is 1. The van der Waals surface area contributed by atoms with E-state index in [9.17, 15) is 4.79 Å². The molecular weight excluding hydrogens is 372 g/mol. The maximum atomic E-state index is 12.8. The number of benzene rings is 1. The van der Waals surface area contributed by atoms with Gasteiger partial charge in [-0.2, -0.15) is 4.99 Å². The second-order valence-electron chi connectivity index (χ2n) is 6.62. The maximum Gasteiger partial charge on any atom is 0.283 e. The molecule has 1 saturated heterocycles. The summed E-state index contributed by atoms with van der Waals surface area (Å²) in [4.78, 5) is 19.3. The van der Waals surface area contributed by atoms with Crippen molar-refractivity contribution in [3.05, 3.63) is 44.2 Å². The number of fused-ring (bicyclic) bond motifs is 1. The zero-order valence-corrected chi connectivity index (χ0v) is 16.2. The first-order valence-electron chi connectivity index (χ1n) is 8.91. The summed E-state index contributed by atoms with van der Waals surface area (Å²) < 4.78 is 13.3. The summed E-state index contributed by atoms with van der Waals surface area (Å²) >= 11 is 7.68. The summed E-state index contributed by atoms with van der Waals surface area (Å²) in [5, 5.41) is 0.491. The van der Waals surface area contributed by atoms with Crippen molar-refractivity contribution in [3.8, 4) is 5.75 Å². The van der Waals surface area contributed by atoms with Crippen molar-refractivity contribution in [1.29, 1.82) is 0 Å². The van der Waals surface area contributed by atoms with Crippen LogP contribution in [0.3, 0.4) is 0 Å². The first kappa shape index (κ1) is 17.8. The molecule has 0 bridgehead atoms. The molecule has 5 nitrogen and oxygen atoms in total. The molecule has 0 spiro atoms. The number of hydrogen-bond acceptors (Lipinski definition) is 4. The van der Waals surface area contributed by atoms with Gasteiger partial charge in [-0.05, 0) is 50.3 Å². The quantitative estimate of drug-likeness (QED) is 0.798. The molecule has 1 aliphatic carbocycles. The molecule has 0 radical (unpaired) electrons. The SMILES string of the molecule is COc1ccc(Cl)cc1C(=O)N=c1sc2c(n1CC1CCCO1)CCC2. The van der Waals surface area contributed by atoms with Gasteiger partial charge in [-0.25, -0.2) is 0 Å². The van der Waals surface area contributed by atoms with Crippen molar-refractivity contribution in [2.24, 2.45) is 4.99 Å². The standard InChI is InChI=1S/C19H21ClN2O3S/c1-24-16-8-7-12(20)10-14(16)18(23)21-19-22(11-13-4-3-9-25-13)15-5-2-6-17(15)26-19/h7-8,10,13H,2-6,9,11H2,1H3. The van der Waals surface area contributed by atoms with E-state index in [1.807, 2.05) is 0 Å². The highest BCUT2D eigenvalue weighted by atomic mass is 35.5. The predicted octanol–water partition coefficient (Wildman–Crippen LogP) is 3.62. The third-order valence-corrected chi connectivity index (χ3v) is 6.33. The average Bonchev–Trinajstić information content (AvgIpc) is 3.35. The molecule has 2 aliphatic rings. The summed E-state index contributed by atoms with van der Waals surface area (Å²) in [7, 11) is 1.54. The third kappa shape index (κ3) is 3.46. The molecule has 7 heteroatoms. The highest BCUT2D eigenvalue weighted by Gasteiger charge is 2.24. The predicted molar refractivity (Wildman–Crippen MR) is 101 cm³/mol.